The molecule has 1 aromatic rings. The van der Waals surface area contributed by atoms with Crippen LogP contribution < -0.4 is 0 Å². The van der Waals surface area contributed by atoms with E-state index in [1.807, 2.05) is 30.3 Å². The van der Waals surface area contributed by atoms with Gasteiger partial charge in [0.1, 0.15) is 12.2 Å². The molecule has 0 saturated heterocycles. The Hall–Kier alpha value is -1.68. The molecular weight excluding hydrogens is 292 g/mol. The van der Waals surface area contributed by atoms with Gasteiger partial charge in [-0.25, -0.2) is 0 Å². The van der Waals surface area contributed by atoms with E-state index in [1.54, 1.807) is 6.92 Å². The van der Waals surface area contributed by atoms with Crippen molar-refractivity contribution in [3.8, 4) is 0 Å². The highest BCUT2D eigenvalue weighted by atomic mass is 16.5. The van der Waals surface area contributed by atoms with Gasteiger partial charge in [0.25, 0.3) is 0 Å². The van der Waals surface area contributed by atoms with E-state index in [0.717, 1.165) is 31.2 Å². The lowest BCUT2D eigenvalue weighted by Gasteiger charge is -2.17. The van der Waals surface area contributed by atoms with E-state index in [2.05, 4.69) is 6.92 Å². The molecule has 0 unspecified atom stereocenters. The van der Waals surface area contributed by atoms with Crippen LogP contribution in [-0.2, 0) is 25.7 Å². The van der Waals surface area contributed by atoms with Crippen LogP contribution in [-0.4, -0.2) is 24.5 Å². The summed E-state index contributed by atoms with van der Waals surface area (Å²) < 4.78 is 10.7. The molecule has 23 heavy (non-hydrogen) atoms. The fraction of sp³-hybridized carbons (Fsp3) is 0.579. The van der Waals surface area contributed by atoms with Crippen molar-refractivity contribution in [1.82, 2.24) is 0 Å². The number of unbranched alkanes of at least 4 members (excludes halogenated alkanes) is 2. The summed E-state index contributed by atoms with van der Waals surface area (Å²) in [6.07, 6.45) is 4.10. The van der Waals surface area contributed by atoms with Crippen molar-refractivity contribution in [3.63, 3.8) is 0 Å². The molecule has 0 N–H and O–H groups in total. The highest BCUT2D eigenvalue weighted by molar-refractivity contribution is 5.95. The third kappa shape index (κ3) is 9.14. The Labute approximate surface area is 139 Å². The molecule has 128 valence electrons. The van der Waals surface area contributed by atoms with Crippen LogP contribution in [0.3, 0.4) is 0 Å². The smallest absolute Gasteiger partial charge is 0.313 e. The normalized spacial score (nSPS) is 11.9. The Balaban J connectivity index is 2.46. The van der Waals surface area contributed by atoms with Crippen molar-refractivity contribution in [3.05, 3.63) is 35.9 Å². The molecule has 0 aromatic heterocycles. The van der Waals surface area contributed by atoms with E-state index < -0.39 is 5.97 Å². The maximum absolute atomic E-state index is 12.0. The van der Waals surface area contributed by atoms with Gasteiger partial charge in [-0.2, -0.15) is 0 Å². The van der Waals surface area contributed by atoms with E-state index in [4.69, 9.17) is 9.47 Å². The lowest BCUT2D eigenvalue weighted by Crippen LogP contribution is -2.20. The van der Waals surface area contributed by atoms with Crippen molar-refractivity contribution < 1.29 is 19.1 Å². The first kappa shape index (κ1) is 19.4. The molecule has 0 aliphatic heterocycles. The average molecular weight is 320 g/mol. The molecule has 1 aromatic carbocycles. The van der Waals surface area contributed by atoms with Crippen LogP contribution in [0.4, 0.5) is 0 Å². The zero-order valence-corrected chi connectivity index (χ0v) is 14.3. The summed E-state index contributed by atoms with van der Waals surface area (Å²) in [5.41, 5.74) is 1.09. The molecular formula is C19H28O4. The number of benzene rings is 1. The van der Waals surface area contributed by atoms with Gasteiger partial charge in [0.2, 0.25) is 0 Å². The second-order valence-corrected chi connectivity index (χ2v) is 5.64. The summed E-state index contributed by atoms with van der Waals surface area (Å²) in [7, 11) is 0. The molecule has 1 atom stereocenters. The third-order valence-electron chi connectivity index (χ3n) is 3.56. The molecule has 0 fully saturated rings. The topological polar surface area (TPSA) is 52.6 Å². The van der Waals surface area contributed by atoms with Crippen LogP contribution in [0.15, 0.2) is 30.3 Å². The molecule has 0 heterocycles. The molecule has 0 saturated carbocycles. The monoisotopic (exact) mass is 320 g/mol. The number of ether oxygens (including phenoxy) is 2. The second kappa shape index (κ2) is 11.8. The first-order valence-electron chi connectivity index (χ1n) is 8.48. The van der Waals surface area contributed by atoms with Gasteiger partial charge in [-0.15, -0.1) is 0 Å². The van der Waals surface area contributed by atoms with E-state index >= 15 is 0 Å². The van der Waals surface area contributed by atoms with Gasteiger partial charge in [0, 0.05) is 6.42 Å². The van der Waals surface area contributed by atoms with Crippen LogP contribution in [0.5, 0.6) is 0 Å². The van der Waals surface area contributed by atoms with Crippen molar-refractivity contribution in [2.75, 3.05) is 6.61 Å². The summed E-state index contributed by atoms with van der Waals surface area (Å²) >= 11 is 0. The Bertz CT molecular complexity index is 456. The predicted molar refractivity (Wildman–Crippen MR) is 90.0 cm³/mol. The van der Waals surface area contributed by atoms with Gasteiger partial charge in [0.15, 0.2) is 0 Å². The van der Waals surface area contributed by atoms with Gasteiger partial charge in [-0.3, -0.25) is 9.59 Å². The molecule has 0 radical (unpaired) electrons. The molecule has 4 nitrogen and oxygen atoms in total. The zero-order valence-electron chi connectivity index (χ0n) is 14.3. The van der Waals surface area contributed by atoms with Crippen LogP contribution in [0.2, 0.25) is 0 Å². The Morgan fingerprint density at radius 2 is 1.83 bits per heavy atom. The SMILES string of the molecule is CCCCC[C@@H](CC(=O)CC(=O)OCC)OCc1ccccc1. The molecule has 0 bridgehead atoms. The Morgan fingerprint density at radius 1 is 1.09 bits per heavy atom. The van der Waals surface area contributed by atoms with Crippen molar-refractivity contribution >= 4 is 11.8 Å². The van der Waals surface area contributed by atoms with Crippen LogP contribution in [0, 0.1) is 0 Å². The first-order chi connectivity index (χ1) is 11.2. The van der Waals surface area contributed by atoms with Crippen LogP contribution in [0.25, 0.3) is 0 Å². The molecule has 0 aliphatic carbocycles. The van der Waals surface area contributed by atoms with E-state index in [1.165, 1.54) is 0 Å². The van der Waals surface area contributed by atoms with Crippen molar-refractivity contribution in [2.45, 2.75) is 65.1 Å². The lowest BCUT2D eigenvalue weighted by molar-refractivity contribution is -0.146. The van der Waals surface area contributed by atoms with Crippen molar-refractivity contribution in [2.24, 2.45) is 0 Å². The average Bonchev–Trinajstić information content (AvgIpc) is 2.53. The zero-order chi connectivity index (χ0) is 16.9. The minimum atomic E-state index is -0.451. The van der Waals surface area contributed by atoms with Gasteiger partial charge in [0.05, 0.1) is 19.3 Å². The van der Waals surface area contributed by atoms with Crippen LogP contribution in [0.1, 0.15) is 57.9 Å². The van der Waals surface area contributed by atoms with Crippen LogP contribution >= 0.6 is 0 Å². The molecule has 0 amide bonds. The van der Waals surface area contributed by atoms with Gasteiger partial charge in [-0.1, -0.05) is 56.5 Å². The predicted octanol–water partition coefficient (Wildman–Crippen LogP) is 4.06. The lowest BCUT2D eigenvalue weighted by atomic mass is 10.0. The largest absolute Gasteiger partial charge is 0.466 e. The molecule has 0 aliphatic rings. The minimum absolute atomic E-state index is 0.113. The molecule has 4 heteroatoms. The number of ketones is 1. The fourth-order valence-corrected chi connectivity index (χ4v) is 2.35. The number of esters is 1. The summed E-state index contributed by atoms with van der Waals surface area (Å²) in [5, 5.41) is 0. The number of rotatable bonds is 12. The minimum Gasteiger partial charge on any atom is -0.466 e. The maximum Gasteiger partial charge on any atom is 0.313 e. The fourth-order valence-electron chi connectivity index (χ4n) is 2.35. The first-order valence-corrected chi connectivity index (χ1v) is 8.48. The van der Waals surface area contributed by atoms with Gasteiger partial charge < -0.3 is 9.47 Å². The molecule has 1 rings (SSSR count). The summed E-state index contributed by atoms with van der Waals surface area (Å²) in [4.78, 5) is 23.4. The third-order valence-corrected chi connectivity index (χ3v) is 3.56. The number of hydrogen-bond donors (Lipinski definition) is 0. The molecule has 0 spiro atoms. The number of carbonyl (C=O) groups excluding carboxylic acids is 2. The van der Waals surface area contributed by atoms with E-state index in [9.17, 15) is 9.59 Å². The maximum atomic E-state index is 12.0. The Morgan fingerprint density at radius 3 is 2.48 bits per heavy atom. The van der Waals surface area contributed by atoms with Gasteiger partial charge in [-0.05, 0) is 18.9 Å². The number of Topliss-reactive ketones (excluding diaryl/α,β-unsaturated/α-hetero) is 1. The van der Waals surface area contributed by atoms with E-state index in [-0.39, 0.29) is 24.7 Å². The van der Waals surface area contributed by atoms with Gasteiger partial charge >= 0.3 is 5.97 Å². The van der Waals surface area contributed by atoms with E-state index in [0.29, 0.717) is 13.2 Å². The standard InChI is InChI=1S/C19H28O4/c1-3-5-7-12-18(13-17(20)14-19(21)22-4-2)23-15-16-10-8-6-9-11-16/h6,8-11,18H,3-5,7,12-15H2,1-2H3/t18-/m0/s1. The Kier molecular flexibility index (Phi) is 9.96. The highest BCUT2D eigenvalue weighted by Crippen LogP contribution is 2.14. The number of carbonyl (C=O) groups is 2. The summed E-state index contributed by atoms with van der Waals surface area (Å²) in [6.45, 7) is 4.67. The highest BCUT2D eigenvalue weighted by Gasteiger charge is 2.17. The second-order valence-electron chi connectivity index (χ2n) is 5.64. The number of hydrogen-bond acceptors (Lipinski definition) is 4. The quantitative estimate of drug-likeness (QED) is 0.331. The van der Waals surface area contributed by atoms with Crippen molar-refractivity contribution in [1.29, 1.82) is 0 Å². The summed E-state index contributed by atoms with van der Waals surface area (Å²) in [6, 6.07) is 9.91. The summed E-state index contributed by atoms with van der Waals surface area (Å²) in [5.74, 6) is -0.564.